The fourth-order valence-corrected chi connectivity index (χ4v) is 2.83. The van der Waals surface area contributed by atoms with E-state index in [-0.39, 0.29) is 22.2 Å². The summed E-state index contributed by atoms with van der Waals surface area (Å²) in [6.45, 7) is 0.231. The number of carbonyl (C=O) groups is 1. The van der Waals surface area contributed by atoms with E-state index in [4.69, 9.17) is 23.2 Å². The Bertz CT molecular complexity index is 838. The van der Waals surface area contributed by atoms with Crippen molar-refractivity contribution >= 4 is 44.8 Å². The summed E-state index contributed by atoms with van der Waals surface area (Å²) in [6, 6.07) is 10.7. The van der Waals surface area contributed by atoms with Gasteiger partial charge in [-0.05, 0) is 29.8 Å². The Kier molecular flexibility index (Phi) is 5.51. The van der Waals surface area contributed by atoms with E-state index in [1.54, 1.807) is 18.2 Å². The van der Waals surface area contributed by atoms with E-state index in [9.17, 15) is 13.2 Å². The van der Waals surface area contributed by atoms with Gasteiger partial charge in [-0.25, -0.2) is 13.2 Å². The van der Waals surface area contributed by atoms with Crippen LogP contribution in [0.25, 0.3) is 0 Å². The van der Waals surface area contributed by atoms with E-state index in [0.717, 1.165) is 11.8 Å². The number of nitrogens with one attached hydrogen (secondary N) is 2. The van der Waals surface area contributed by atoms with Crippen molar-refractivity contribution < 1.29 is 13.2 Å². The lowest BCUT2D eigenvalue weighted by Gasteiger charge is -2.11. The maximum atomic E-state index is 11.9. The number of carbonyl (C=O) groups excluding carboxylic acids is 1. The summed E-state index contributed by atoms with van der Waals surface area (Å²) in [5, 5.41) is 5.94. The van der Waals surface area contributed by atoms with Crippen molar-refractivity contribution in [1.29, 1.82) is 0 Å². The van der Waals surface area contributed by atoms with Gasteiger partial charge >= 0.3 is 6.03 Å². The minimum Gasteiger partial charge on any atom is -0.334 e. The molecule has 0 heterocycles. The zero-order chi connectivity index (χ0) is 17.0. The Balaban J connectivity index is 2.07. The Morgan fingerprint density at radius 1 is 1.09 bits per heavy atom. The van der Waals surface area contributed by atoms with Gasteiger partial charge in [-0.3, -0.25) is 0 Å². The number of sulfone groups is 1. The number of hydrogen-bond donors (Lipinski definition) is 2. The molecule has 0 aromatic heterocycles. The second kappa shape index (κ2) is 7.21. The van der Waals surface area contributed by atoms with E-state index < -0.39 is 15.9 Å². The van der Waals surface area contributed by atoms with Crippen LogP contribution in [-0.2, 0) is 16.4 Å². The Morgan fingerprint density at radius 2 is 1.78 bits per heavy atom. The molecule has 2 rings (SSSR count). The molecule has 2 aromatic carbocycles. The molecule has 2 amide bonds. The van der Waals surface area contributed by atoms with E-state index in [1.807, 2.05) is 6.07 Å². The van der Waals surface area contributed by atoms with Crippen molar-refractivity contribution in [1.82, 2.24) is 5.32 Å². The molecular weight excluding hydrogens is 359 g/mol. The van der Waals surface area contributed by atoms with Gasteiger partial charge in [-0.1, -0.05) is 41.4 Å². The van der Waals surface area contributed by atoms with Crippen LogP contribution in [0.2, 0.25) is 10.0 Å². The molecule has 0 saturated carbocycles. The minimum absolute atomic E-state index is 0.0725. The first-order chi connectivity index (χ1) is 10.8. The molecular formula is C15H14Cl2N2O3S. The molecule has 0 aliphatic carbocycles. The molecule has 0 saturated heterocycles. The Labute approximate surface area is 144 Å². The van der Waals surface area contributed by atoms with Gasteiger partial charge in [0.2, 0.25) is 0 Å². The standard InChI is InChI=1S/C15H14Cl2N2O3S/c1-23(21,22)11-6-7-13(17)14(8-11)19-15(20)18-9-10-4-2-3-5-12(10)16/h2-8H,9H2,1H3,(H2,18,19,20). The van der Waals surface area contributed by atoms with E-state index in [0.29, 0.717) is 5.02 Å². The van der Waals surface area contributed by atoms with Gasteiger partial charge in [0, 0.05) is 17.8 Å². The number of halogens is 2. The van der Waals surface area contributed by atoms with Crippen LogP contribution in [0, 0.1) is 0 Å². The number of anilines is 1. The average molecular weight is 373 g/mol. The van der Waals surface area contributed by atoms with Crippen molar-refractivity contribution in [3.05, 3.63) is 58.1 Å². The summed E-state index contributed by atoms with van der Waals surface area (Å²) in [4.78, 5) is 12.0. The fourth-order valence-electron chi connectivity index (χ4n) is 1.81. The highest BCUT2D eigenvalue weighted by atomic mass is 35.5. The molecule has 23 heavy (non-hydrogen) atoms. The van der Waals surface area contributed by atoms with Crippen LogP contribution >= 0.6 is 23.2 Å². The number of hydrogen-bond acceptors (Lipinski definition) is 3. The molecule has 0 radical (unpaired) electrons. The number of amides is 2. The number of rotatable bonds is 4. The quantitative estimate of drug-likeness (QED) is 0.858. The van der Waals surface area contributed by atoms with Gasteiger partial charge in [0.1, 0.15) is 0 Å². The SMILES string of the molecule is CS(=O)(=O)c1ccc(Cl)c(NC(=O)NCc2ccccc2Cl)c1. The molecule has 8 heteroatoms. The highest BCUT2D eigenvalue weighted by Gasteiger charge is 2.12. The number of urea groups is 1. The predicted molar refractivity (Wildman–Crippen MR) is 91.9 cm³/mol. The van der Waals surface area contributed by atoms with Gasteiger partial charge in [-0.2, -0.15) is 0 Å². The lowest BCUT2D eigenvalue weighted by molar-refractivity contribution is 0.251. The Hall–Kier alpha value is -1.76. The van der Waals surface area contributed by atoms with Gasteiger partial charge in [0.05, 0.1) is 15.6 Å². The van der Waals surface area contributed by atoms with Crippen LogP contribution < -0.4 is 10.6 Å². The molecule has 0 bridgehead atoms. The van der Waals surface area contributed by atoms with Gasteiger partial charge in [-0.15, -0.1) is 0 Å². The lowest BCUT2D eigenvalue weighted by Crippen LogP contribution is -2.28. The summed E-state index contributed by atoms with van der Waals surface area (Å²) in [7, 11) is -3.39. The zero-order valence-corrected chi connectivity index (χ0v) is 14.5. The fraction of sp³-hybridized carbons (Fsp3) is 0.133. The highest BCUT2D eigenvalue weighted by Crippen LogP contribution is 2.25. The third kappa shape index (κ3) is 4.86. The number of benzene rings is 2. The third-order valence-corrected chi connectivity index (χ3v) is 4.82. The molecule has 0 fully saturated rings. The van der Waals surface area contributed by atoms with Crippen LogP contribution in [0.3, 0.4) is 0 Å². The minimum atomic E-state index is -3.39. The average Bonchev–Trinajstić information content (AvgIpc) is 2.47. The summed E-state index contributed by atoms with van der Waals surface area (Å²) >= 11 is 12.0. The van der Waals surface area contributed by atoms with Crippen molar-refractivity contribution in [3.8, 4) is 0 Å². The molecule has 2 aromatic rings. The second-order valence-corrected chi connectivity index (χ2v) is 7.64. The maximum Gasteiger partial charge on any atom is 0.319 e. The third-order valence-electron chi connectivity index (χ3n) is 3.01. The van der Waals surface area contributed by atoms with Crippen LogP contribution in [0.15, 0.2) is 47.4 Å². The highest BCUT2D eigenvalue weighted by molar-refractivity contribution is 7.90. The largest absolute Gasteiger partial charge is 0.334 e. The second-order valence-electron chi connectivity index (χ2n) is 4.81. The van der Waals surface area contributed by atoms with Crippen molar-refractivity contribution in [3.63, 3.8) is 0 Å². The Morgan fingerprint density at radius 3 is 2.43 bits per heavy atom. The smallest absolute Gasteiger partial charge is 0.319 e. The maximum absolute atomic E-state index is 11.9. The molecule has 0 unspecified atom stereocenters. The summed E-state index contributed by atoms with van der Waals surface area (Å²) in [6.07, 6.45) is 1.08. The van der Waals surface area contributed by atoms with E-state index in [1.165, 1.54) is 18.2 Å². The zero-order valence-electron chi connectivity index (χ0n) is 12.1. The topological polar surface area (TPSA) is 75.3 Å². The molecule has 5 nitrogen and oxygen atoms in total. The van der Waals surface area contributed by atoms with E-state index >= 15 is 0 Å². The molecule has 0 atom stereocenters. The summed E-state index contributed by atoms with van der Waals surface area (Å²) < 4.78 is 23.1. The van der Waals surface area contributed by atoms with Crippen LogP contribution in [0.1, 0.15) is 5.56 Å². The van der Waals surface area contributed by atoms with Crippen LogP contribution in [0.4, 0.5) is 10.5 Å². The lowest BCUT2D eigenvalue weighted by atomic mass is 10.2. The first kappa shape index (κ1) is 17.6. The first-order valence-corrected chi connectivity index (χ1v) is 9.20. The predicted octanol–water partition coefficient (Wildman–Crippen LogP) is 3.72. The molecule has 122 valence electrons. The normalized spacial score (nSPS) is 11.1. The van der Waals surface area contributed by atoms with Crippen molar-refractivity contribution in [2.24, 2.45) is 0 Å². The molecule has 0 aliphatic heterocycles. The van der Waals surface area contributed by atoms with Gasteiger partial charge in [0.25, 0.3) is 0 Å². The molecule has 0 spiro atoms. The van der Waals surface area contributed by atoms with Crippen molar-refractivity contribution in [2.45, 2.75) is 11.4 Å². The summed E-state index contributed by atoms with van der Waals surface area (Å²) in [5.41, 5.74) is 0.978. The summed E-state index contributed by atoms with van der Waals surface area (Å²) in [5.74, 6) is 0. The first-order valence-electron chi connectivity index (χ1n) is 6.55. The monoisotopic (exact) mass is 372 g/mol. The van der Waals surface area contributed by atoms with Gasteiger partial charge < -0.3 is 10.6 Å². The van der Waals surface area contributed by atoms with Crippen LogP contribution in [-0.4, -0.2) is 20.7 Å². The van der Waals surface area contributed by atoms with Gasteiger partial charge in [0.15, 0.2) is 9.84 Å². The molecule has 2 N–H and O–H groups in total. The van der Waals surface area contributed by atoms with E-state index in [2.05, 4.69) is 10.6 Å². The molecule has 0 aliphatic rings. The van der Waals surface area contributed by atoms with Crippen molar-refractivity contribution in [2.75, 3.05) is 11.6 Å². The van der Waals surface area contributed by atoms with Crippen LogP contribution in [0.5, 0.6) is 0 Å².